The summed E-state index contributed by atoms with van der Waals surface area (Å²) < 4.78 is 13.2. The average molecular weight is 391 g/mol. The summed E-state index contributed by atoms with van der Waals surface area (Å²) in [6, 6.07) is 12.3. The summed E-state index contributed by atoms with van der Waals surface area (Å²) in [6.07, 6.45) is 0.0835. The molecule has 27 heavy (non-hydrogen) atoms. The maximum atomic E-state index is 13.2. The summed E-state index contributed by atoms with van der Waals surface area (Å²) >= 11 is 6.17. The second-order valence-corrected chi connectivity index (χ2v) is 7.16. The van der Waals surface area contributed by atoms with Crippen molar-refractivity contribution in [1.82, 2.24) is 10.2 Å². The minimum absolute atomic E-state index is 0.0358. The standard InChI is InChI=1S/C21H24ClFN2O2/c1-14(2)24-21(27)15(3)25(13-16-8-10-18(23)11-9-16)20(26)12-17-6-4-5-7-19(17)22/h4-11,14-15H,12-13H2,1-3H3,(H,24,27)/t15-/m1/s1. The van der Waals surface area contributed by atoms with Crippen LogP contribution in [0.5, 0.6) is 0 Å². The molecule has 0 unspecified atom stereocenters. The summed E-state index contributed by atoms with van der Waals surface area (Å²) in [6.45, 7) is 5.61. The quantitative estimate of drug-likeness (QED) is 0.777. The first-order valence-corrected chi connectivity index (χ1v) is 9.23. The van der Waals surface area contributed by atoms with E-state index >= 15 is 0 Å². The van der Waals surface area contributed by atoms with E-state index in [2.05, 4.69) is 5.32 Å². The first kappa shape index (κ1) is 20.9. The van der Waals surface area contributed by atoms with Crippen LogP contribution in [0.4, 0.5) is 4.39 Å². The summed E-state index contributed by atoms with van der Waals surface area (Å²) in [7, 11) is 0. The van der Waals surface area contributed by atoms with Gasteiger partial charge >= 0.3 is 0 Å². The van der Waals surface area contributed by atoms with Crippen LogP contribution in [0.1, 0.15) is 31.9 Å². The van der Waals surface area contributed by atoms with Crippen molar-refractivity contribution in [1.29, 1.82) is 0 Å². The van der Waals surface area contributed by atoms with Gasteiger partial charge in [-0.05, 0) is 50.1 Å². The van der Waals surface area contributed by atoms with Gasteiger partial charge < -0.3 is 10.2 Å². The second-order valence-electron chi connectivity index (χ2n) is 6.76. The van der Waals surface area contributed by atoms with E-state index in [1.807, 2.05) is 19.9 Å². The number of hydrogen-bond acceptors (Lipinski definition) is 2. The van der Waals surface area contributed by atoms with Gasteiger partial charge in [0, 0.05) is 17.6 Å². The highest BCUT2D eigenvalue weighted by Crippen LogP contribution is 2.18. The molecule has 2 rings (SSSR count). The van der Waals surface area contributed by atoms with E-state index in [9.17, 15) is 14.0 Å². The highest BCUT2D eigenvalue weighted by Gasteiger charge is 2.26. The monoisotopic (exact) mass is 390 g/mol. The largest absolute Gasteiger partial charge is 0.352 e. The van der Waals surface area contributed by atoms with E-state index in [0.29, 0.717) is 10.6 Å². The Labute approximate surface area is 164 Å². The Hall–Kier alpha value is -2.40. The molecule has 2 amide bonds. The maximum Gasteiger partial charge on any atom is 0.242 e. The summed E-state index contributed by atoms with van der Waals surface area (Å²) in [5.41, 5.74) is 1.44. The van der Waals surface area contributed by atoms with Crippen LogP contribution in [0.15, 0.2) is 48.5 Å². The van der Waals surface area contributed by atoms with Gasteiger partial charge in [-0.3, -0.25) is 9.59 Å². The van der Waals surface area contributed by atoms with Crippen LogP contribution in [0.3, 0.4) is 0 Å². The lowest BCUT2D eigenvalue weighted by Crippen LogP contribution is -2.49. The third-order valence-electron chi connectivity index (χ3n) is 4.16. The second kappa shape index (κ2) is 9.51. The third-order valence-corrected chi connectivity index (χ3v) is 4.53. The van der Waals surface area contributed by atoms with E-state index in [-0.39, 0.29) is 36.6 Å². The summed E-state index contributed by atoms with van der Waals surface area (Å²) in [5.74, 6) is -0.809. The SMILES string of the molecule is CC(C)NC(=O)[C@@H](C)N(Cc1ccc(F)cc1)C(=O)Cc1ccccc1Cl. The molecular formula is C21H24ClFN2O2. The first-order chi connectivity index (χ1) is 12.8. The molecule has 0 aliphatic carbocycles. The zero-order valence-corrected chi connectivity index (χ0v) is 16.5. The van der Waals surface area contributed by atoms with Crippen molar-refractivity contribution in [3.05, 3.63) is 70.5 Å². The predicted octanol–water partition coefficient (Wildman–Crippen LogP) is 3.96. The zero-order chi connectivity index (χ0) is 20.0. The van der Waals surface area contributed by atoms with Gasteiger partial charge in [-0.1, -0.05) is 41.9 Å². The molecule has 0 bridgehead atoms. The van der Waals surface area contributed by atoms with Crippen molar-refractivity contribution in [2.75, 3.05) is 0 Å². The third kappa shape index (κ3) is 6.07. The van der Waals surface area contributed by atoms with Gasteiger partial charge in [-0.15, -0.1) is 0 Å². The van der Waals surface area contributed by atoms with Crippen LogP contribution in [0.2, 0.25) is 5.02 Å². The molecule has 144 valence electrons. The Kier molecular flexibility index (Phi) is 7.36. The van der Waals surface area contributed by atoms with Crippen molar-refractivity contribution < 1.29 is 14.0 Å². The molecule has 0 radical (unpaired) electrons. The lowest BCUT2D eigenvalue weighted by molar-refractivity contribution is -0.140. The summed E-state index contributed by atoms with van der Waals surface area (Å²) in [4.78, 5) is 26.9. The Balaban J connectivity index is 2.24. The van der Waals surface area contributed by atoms with Crippen LogP contribution in [0, 0.1) is 5.82 Å². The number of hydrogen-bond donors (Lipinski definition) is 1. The molecule has 0 saturated carbocycles. The molecule has 0 heterocycles. The van der Waals surface area contributed by atoms with Crippen molar-refractivity contribution >= 4 is 23.4 Å². The van der Waals surface area contributed by atoms with Crippen LogP contribution < -0.4 is 5.32 Å². The lowest BCUT2D eigenvalue weighted by atomic mass is 10.1. The van der Waals surface area contributed by atoms with Gasteiger partial charge in [0.25, 0.3) is 0 Å². The number of benzene rings is 2. The van der Waals surface area contributed by atoms with Crippen LogP contribution in [0.25, 0.3) is 0 Å². The number of amides is 2. The molecule has 0 spiro atoms. The molecule has 1 N–H and O–H groups in total. The van der Waals surface area contributed by atoms with Gasteiger partial charge in [0.05, 0.1) is 6.42 Å². The topological polar surface area (TPSA) is 49.4 Å². The van der Waals surface area contributed by atoms with Gasteiger partial charge in [0.2, 0.25) is 11.8 Å². The van der Waals surface area contributed by atoms with Gasteiger partial charge in [-0.25, -0.2) is 4.39 Å². The van der Waals surface area contributed by atoms with E-state index in [1.54, 1.807) is 37.3 Å². The number of nitrogens with zero attached hydrogens (tertiary/aromatic N) is 1. The number of carbonyl (C=O) groups is 2. The summed E-state index contributed by atoms with van der Waals surface area (Å²) in [5, 5.41) is 3.34. The number of carbonyl (C=O) groups excluding carboxylic acids is 2. The van der Waals surface area contributed by atoms with E-state index in [4.69, 9.17) is 11.6 Å². The molecule has 0 saturated heterocycles. The fraction of sp³-hybridized carbons (Fsp3) is 0.333. The molecule has 2 aromatic rings. The predicted molar refractivity (Wildman–Crippen MR) is 105 cm³/mol. The smallest absolute Gasteiger partial charge is 0.242 e. The molecule has 6 heteroatoms. The highest BCUT2D eigenvalue weighted by atomic mass is 35.5. The Morgan fingerprint density at radius 1 is 1.07 bits per heavy atom. The van der Waals surface area contributed by atoms with Crippen molar-refractivity contribution in [2.24, 2.45) is 0 Å². The van der Waals surface area contributed by atoms with Crippen molar-refractivity contribution in [3.63, 3.8) is 0 Å². The number of nitrogens with one attached hydrogen (secondary N) is 1. The highest BCUT2D eigenvalue weighted by molar-refractivity contribution is 6.31. The minimum Gasteiger partial charge on any atom is -0.352 e. The average Bonchev–Trinajstić information content (AvgIpc) is 2.62. The van der Waals surface area contributed by atoms with E-state index in [0.717, 1.165) is 5.56 Å². The van der Waals surface area contributed by atoms with Crippen molar-refractivity contribution in [2.45, 2.75) is 45.8 Å². The van der Waals surface area contributed by atoms with Gasteiger partial charge in [-0.2, -0.15) is 0 Å². The van der Waals surface area contributed by atoms with Gasteiger partial charge in [0.15, 0.2) is 0 Å². The first-order valence-electron chi connectivity index (χ1n) is 8.85. The fourth-order valence-electron chi connectivity index (χ4n) is 2.68. The zero-order valence-electron chi connectivity index (χ0n) is 15.7. The van der Waals surface area contributed by atoms with Crippen LogP contribution >= 0.6 is 11.6 Å². The Morgan fingerprint density at radius 2 is 1.70 bits per heavy atom. The molecule has 2 aromatic carbocycles. The van der Waals surface area contributed by atoms with E-state index < -0.39 is 6.04 Å². The molecule has 0 fully saturated rings. The van der Waals surface area contributed by atoms with Gasteiger partial charge in [0.1, 0.15) is 11.9 Å². The van der Waals surface area contributed by atoms with Crippen LogP contribution in [-0.2, 0) is 22.6 Å². The minimum atomic E-state index is -0.674. The molecule has 0 aliphatic heterocycles. The fourth-order valence-corrected chi connectivity index (χ4v) is 2.88. The number of halogens is 2. The molecule has 0 aromatic heterocycles. The Bertz CT molecular complexity index is 793. The number of rotatable bonds is 7. The van der Waals surface area contributed by atoms with Crippen LogP contribution in [-0.4, -0.2) is 28.8 Å². The lowest BCUT2D eigenvalue weighted by Gasteiger charge is -2.29. The molecule has 1 atom stereocenters. The molecular weight excluding hydrogens is 367 g/mol. The Morgan fingerprint density at radius 3 is 2.30 bits per heavy atom. The molecule has 4 nitrogen and oxygen atoms in total. The van der Waals surface area contributed by atoms with Crippen molar-refractivity contribution in [3.8, 4) is 0 Å². The van der Waals surface area contributed by atoms with E-state index in [1.165, 1.54) is 17.0 Å². The normalized spacial score (nSPS) is 11.9. The maximum absolute atomic E-state index is 13.2. The molecule has 0 aliphatic rings.